The summed E-state index contributed by atoms with van der Waals surface area (Å²) in [5.41, 5.74) is -0.513. The fourth-order valence-electron chi connectivity index (χ4n) is 3.40. The van der Waals surface area contributed by atoms with Gasteiger partial charge in [0, 0.05) is 12.6 Å². The number of nitrogens with one attached hydrogen (secondary N) is 1. The molecule has 0 bridgehead atoms. The molecule has 0 aliphatic heterocycles. The summed E-state index contributed by atoms with van der Waals surface area (Å²) >= 11 is 0. The minimum atomic E-state index is -0.513. The molecule has 0 heterocycles. The molecule has 100 valence electrons. The van der Waals surface area contributed by atoms with Gasteiger partial charge in [-0.05, 0) is 50.9 Å². The number of aliphatic hydroxyl groups is 1. The molecule has 3 atom stereocenters. The largest absolute Gasteiger partial charge is 0.389 e. The van der Waals surface area contributed by atoms with Crippen LogP contribution in [0.1, 0.15) is 65.2 Å². The highest BCUT2D eigenvalue weighted by Crippen LogP contribution is 2.43. The Morgan fingerprint density at radius 1 is 1.18 bits per heavy atom. The normalized spacial score (nSPS) is 33.4. The first-order valence-corrected chi connectivity index (χ1v) is 7.56. The Morgan fingerprint density at radius 3 is 2.59 bits per heavy atom. The van der Waals surface area contributed by atoms with Crippen LogP contribution in [0, 0.1) is 11.8 Å². The van der Waals surface area contributed by atoms with Crippen molar-refractivity contribution in [2.24, 2.45) is 11.8 Å². The fourth-order valence-corrected chi connectivity index (χ4v) is 3.40. The highest BCUT2D eigenvalue weighted by molar-refractivity contribution is 4.89. The Balaban J connectivity index is 1.71. The van der Waals surface area contributed by atoms with E-state index in [1.54, 1.807) is 0 Å². The zero-order valence-corrected chi connectivity index (χ0v) is 11.5. The van der Waals surface area contributed by atoms with Crippen molar-refractivity contribution < 1.29 is 5.11 Å². The van der Waals surface area contributed by atoms with Gasteiger partial charge >= 0.3 is 0 Å². The monoisotopic (exact) mass is 239 g/mol. The van der Waals surface area contributed by atoms with Gasteiger partial charge in [-0.2, -0.15) is 0 Å². The predicted octanol–water partition coefficient (Wildman–Crippen LogP) is 3.10. The van der Waals surface area contributed by atoms with Gasteiger partial charge in [-0.3, -0.25) is 0 Å². The molecule has 0 radical (unpaired) electrons. The van der Waals surface area contributed by atoms with Crippen LogP contribution in [0.3, 0.4) is 0 Å². The number of hydrogen-bond acceptors (Lipinski definition) is 2. The Bertz CT molecular complexity index is 235. The molecule has 2 fully saturated rings. The Kier molecular flexibility index (Phi) is 4.48. The number of rotatable bonds is 6. The second kappa shape index (κ2) is 5.71. The van der Waals surface area contributed by atoms with E-state index in [9.17, 15) is 5.11 Å². The highest BCUT2D eigenvalue weighted by Gasteiger charge is 2.34. The first-order valence-electron chi connectivity index (χ1n) is 7.56. The minimum Gasteiger partial charge on any atom is -0.389 e. The minimum absolute atomic E-state index is 0.513. The maximum atomic E-state index is 10.2. The summed E-state index contributed by atoms with van der Waals surface area (Å²) in [6.45, 7) is 4.87. The van der Waals surface area contributed by atoms with Crippen LogP contribution in [0.4, 0.5) is 0 Å². The topological polar surface area (TPSA) is 32.3 Å². The van der Waals surface area contributed by atoms with Crippen molar-refractivity contribution in [2.45, 2.75) is 76.9 Å². The lowest BCUT2D eigenvalue weighted by atomic mass is 9.82. The molecule has 2 aliphatic rings. The van der Waals surface area contributed by atoms with E-state index in [0.29, 0.717) is 6.04 Å². The third-order valence-corrected chi connectivity index (χ3v) is 4.56. The summed E-state index contributed by atoms with van der Waals surface area (Å²) in [5.74, 6) is 2.04. The Morgan fingerprint density at radius 2 is 1.94 bits per heavy atom. The smallest absolute Gasteiger partial charge is 0.0743 e. The summed E-state index contributed by atoms with van der Waals surface area (Å²) in [5, 5.41) is 13.8. The van der Waals surface area contributed by atoms with Crippen molar-refractivity contribution in [2.75, 3.05) is 6.54 Å². The van der Waals surface area contributed by atoms with Gasteiger partial charge in [-0.1, -0.05) is 26.2 Å². The van der Waals surface area contributed by atoms with Crippen molar-refractivity contribution in [1.82, 2.24) is 5.32 Å². The third-order valence-electron chi connectivity index (χ3n) is 4.56. The average molecular weight is 239 g/mol. The standard InChI is InChI=1S/C15H29NO/c1-3-9-15(2,17)11-16-14-6-4-5-13(10-14)12-7-8-12/h12-14,16-17H,3-11H2,1-2H3. The molecule has 0 aromatic heterocycles. The maximum absolute atomic E-state index is 10.2. The summed E-state index contributed by atoms with van der Waals surface area (Å²) < 4.78 is 0. The van der Waals surface area contributed by atoms with Crippen LogP contribution in [0.25, 0.3) is 0 Å². The molecule has 0 amide bonds. The molecule has 3 unspecified atom stereocenters. The van der Waals surface area contributed by atoms with Crippen molar-refractivity contribution in [3.8, 4) is 0 Å². The second-order valence-electron chi connectivity index (χ2n) is 6.59. The summed E-state index contributed by atoms with van der Waals surface area (Å²) in [7, 11) is 0. The van der Waals surface area contributed by atoms with Crippen molar-refractivity contribution in [3.05, 3.63) is 0 Å². The third kappa shape index (κ3) is 4.26. The fraction of sp³-hybridized carbons (Fsp3) is 1.00. The van der Waals surface area contributed by atoms with E-state index in [1.807, 2.05) is 6.92 Å². The lowest BCUT2D eigenvalue weighted by Crippen LogP contribution is -2.44. The first-order chi connectivity index (χ1) is 8.11. The molecule has 17 heavy (non-hydrogen) atoms. The molecule has 2 N–H and O–H groups in total. The molecule has 2 heteroatoms. The van der Waals surface area contributed by atoms with E-state index >= 15 is 0 Å². The zero-order chi connectivity index (χ0) is 12.3. The molecule has 0 saturated heterocycles. The SMILES string of the molecule is CCCC(C)(O)CNC1CCCC(C2CC2)C1. The van der Waals surface area contributed by atoms with Crippen molar-refractivity contribution in [1.29, 1.82) is 0 Å². The van der Waals surface area contributed by atoms with Crippen molar-refractivity contribution >= 4 is 0 Å². The molecule has 0 aromatic carbocycles. The van der Waals surface area contributed by atoms with Crippen LogP contribution in [0.5, 0.6) is 0 Å². The molecule has 2 rings (SSSR count). The van der Waals surface area contributed by atoms with Gasteiger partial charge in [0.1, 0.15) is 0 Å². The summed E-state index contributed by atoms with van der Waals surface area (Å²) in [6, 6.07) is 0.665. The molecular formula is C15H29NO. The van der Waals surface area contributed by atoms with Crippen LogP contribution in [0.15, 0.2) is 0 Å². The molecular weight excluding hydrogens is 210 g/mol. The van der Waals surface area contributed by atoms with Gasteiger partial charge in [-0.25, -0.2) is 0 Å². The van der Waals surface area contributed by atoms with Crippen LogP contribution in [-0.2, 0) is 0 Å². The van der Waals surface area contributed by atoms with Gasteiger partial charge < -0.3 is 10.4 Å². The molecule has 2 nitrogen and oxygen atoms in total. The van der Waals surface area contributed by atoms with Gasteiger partial charge in [0.15, 0.2) is 0 Å². The predicted molar refractivity (Wildman–Crippen MR) is 72.0 cm³/mol. The average Bonchev–Trinajstić information content (AvgIpc) is 3.11. The quantitative estimate of drug-likeness (QED) is 0.746. The number of hydrogen-bond donors (Lipinski definition) is 2. The lowest BCUT2D eigenvalue weighted by Gasteiger charge is -2.33. The lowest BCUT2D eigenvalue weighted by molar-refractivity contribution is 0.0443. The molecule has 2 saturated carbocycles. The van der Waals surface area contributed by atoms with Gasteiger partial charge in [0.05, 0.1) is 5.60 Å². The van der Waals surface area contributed by atoms with Gasteiger partial charge in [0.25, 0.3) is 0 Å². The Hall–Kier alpha value is -0.0800. The van der Waals surface area contributed by atoms with E-state index in [2.05, 4.69) is 12.2 Å². The summed E-state index contributed by atoms with van der Waals surface area (Å²) in [4.78, 5) is 0. The van der Waals surface area contributed by atoms with Crippen LogP contribution in [-0.4, -0.2) is 23.3 Å². The maximum Gasteiger partial charge on any atom is 0.0743 e. The molecule has 0 aromatic rings. The van der Waals surface area contributed by atoms with E-state index in [1.165, 1.54) is 38.5 Å². The summed E-state index contributed by atoms with van der Waals surface area (Å²) in [6.07, 6.45) is 10.4. The van der Waals surface area contributed by atoms with Gasteiger partial charge in [0.2, 0.25) is 0 Å². The zero-order valence-electron chi connectivity index (χ0n) is 11.5. The van der Waals surface area contributed by atoms with Gasteiger partial charge in [-0.15, -0.1) is 0 Å². The van der Waals surface area contributed by atoms with E-state index in [4.69, 9.17) is 0 Å². The van der Waals surface area contributed by atoms with Crippen molar-refractivity contribution in [3.63, 3.8) is 0 Å². The Labute approximate surface area is 106 Å². The van der Waals surface area contributed by atoms with Crippen LogP contribution < -0.4 is 5.32 Å². The van der Waals surface area contributed by atoms with E-state index in [-0.39, 0.29) is 0 Å². The van der Waals surface area contributed by atoms with E-state index < -0.39 is 5.60 Å². The first kappa shape index (κ1) is 13.4. The van der Waals surface area contributed by atoms with E-state index in [0.717, 1.165) is 31.2 Å². The molecule has 0 spiro atoms. The van der Waals surface area contributed by atoms with Crippen LogP contribution in [0.2, 0.25) is 0 Å². The molecule has 2 aliphatic carbocycles. The highest BCUT2D eigenvalue weighted by atomic mass is 16.3. The second-order valence-corrected chi connectivity index (χ2v) is 6.59. The van der Waals surface area contributed by atoms with Crippen LogP contribution >= 0.6 is 0 Å².